The molecule has 2 atom stereocenters. The minimum absolute atomic E-state index is 0.226. The van der Waals surface area contributed by atoms with E-state index in [4.69, 9.17) is 11.8 Å². The summed E-state index contributed by atoms with van der Waals surface area (Å²) in [7, 11) is -3.76. The predicted octanol–water partition coefficient (Wildman–Crippen LogP) is 5.31. The molecule has 29 heavy (non-hydrogen) atoms. The van der Waals surface area contributed by atoms with Crippen LogP contribution in [0.25, 0.3) is 0 Å². The first-order chi connectivity index (χ1) is 13.9. The Balaban J connectivity index is 1.98. The molecule has 0 spiro atoms. The van der Waals surface area contributed by atoms with Gasteiger partial charge < -0.3 is 0 Å². The van der Waals surface area contributed by atoms with Crippen molar-refractivity contribution in [2.24, 2.45) is 0 Å². The van der Waals surface area contributed by atoms with Crippen LogP contribution < -0.4 is 9.56 Å². The summed E-state index contributed by atoms with van der Waals surface area (Å²) in [5.74, 6) is 0.333. The molecule has 0 radical (unpaired) electrons. The third kappa shape index (κ3) is 5.25. The number of sulfonamides is 1. The van der Waals surface area contributed by atoms with Crippen LogP contribution in [0, 0.1) is 0 Å². The van der Waals surface area contributed by atoms with Gasteiger partial charge in [-0.1, -0.05) is 86.6 Å². The third-order valence-corrected chi connectivity index (χ3v) is 6.60. The monoisotopic (exact) mass is 428 g/mol. The first-order valence-corrected chi connectivity index (χ1v) is 11.4. The maximum absolute atomic E-state index is 13.2. The van der Waals surface area contributed by atoms with Gasteiger partial charge in [0.1, 0.15) is 0 Å². The van der Waals surface area contributed by atoms with Crippen molar-refractivity contribution in [3.8, 4) is 0 Å². The van der Waals surface area contributed by atoms with Gasteiger partial charge in [0.25, 0.3) is 0 Å². The van der Waals surface area contributed by atoms with E-state index in [1.165, 1.54) is 0 Å². The van der Waals surface area contributed by atoms with E-state index in [9.17, 15) is 8.42 Å². The number of hydrogen-bond acceptors (Lipinski definition) is 3. The van der Waals surface area contributed by atoms with Crippen LogP contribution in [0.3, 0.4) is 0 Å². The molecule has 3 aromatic rings. The fourth-order valence-corrected chi connectivity index (χ4v) is 4.72. The second kappa shape index (κ2) is 9.55. The second-order valence-electron chi connectivity index (χ2n) is 7.23. The minimum Gasteiger partial charge on any atom is -0.224 e. The average Bonchev–Trinajstić information content (AvgIpc) is 2.75. The highest BCUT2D eigenvalue weighted by molar-refractivity contribution is 7.89. The Morgan fingerprint density at radius 2 is 1.17 bits per heavy atom. The standard InChI is InChI=1S/C23H25ClN2O2S/c1-17(2)18-13-15-21(16-14-18)29(27,28)26-23(20-11-7-4-8-12-20)22(25-24)19-9-5-3-6-10-19/h3-17,22-23,25-26H,1-2H3/t22-,23-/m0/s1. The number of nitrogens with one attached hydrogen (secondary N) is 2. The molecule has 0 amide bonds. The van der Waals surface area contributed by atoms with Crippen molar-refractivity contribution >= 4 is 21.8 Å². The molecule has 0 heterocycles. The van der Waals surface area contributed by atoms with Crippen molar-refractivity contribution in [1.82, 2.24) is 9.56 Å². The molecule has 0 saturated carbocycles. The topological polar surface area (TPSA) is 58.2 Å². The highest BCUT2D eigenvalue weighted by Gasteiger charge is 2.29. The zero-order valence-corrected chi connectivity index (χ0v) is 18.0. The summed E-state index contributed by atoms with van der Waals surface area (Å²) in [6.07, 6.45) is 0. The van der Waals surface area contributed by atoms with Crippen LogP contribution in [-0.2, 0) is 10.0 Å². The molecule has 6 heteroatoms. The third-order valence-electron chi connectivity index (χ3n) is 4.91. The van der Waals surface area contributed by atoms with Crippen molar-refractivity contribution in [1.29, 1.82) is 0 Å². The van der Waals surface area contributed by atoms with Gasteiger partial charge in [-0.3, -0.25) is 0 Å². The van der Waals surface area contributed by atoms with Gasteiger partial charge in [-0.25, -0.2) is 18.0 Å². The van der Waals surface area contributed by atoms with Gasteiger partial charge in [0.2, 0.25) is 10.0 Å². The van der Waals surface area contributed by atoms with Gasteiger partial charge in [0, 0.05) is 0 Å². The largest absolute Gasteiger partial charge is 0.241 e. The summed E-state index contributed by atoms with van der Waals surface area (Å²) in [5.41, 5.74) is 2.79. The molecule has 2 N–H and O–H groups in total. The van der Waals surface area contributed by atoms with Crippen LogP contribution in [-0.4, -0.2) is 8.42 Å². The van der Waals surface area contributed by atoms with E-state index < -0.39 is 22.1 Å². The molecule has 0 aliphatic rings. The molecule has 152 valence electrons. The van der Waals surface area contributed by atoms with Crippen molar-refractivity contribution < 1.29 is 8.42 Å². The van der Waals surface area contributed by atoms with Gasteiger partial charge >= 0.3 is 0 Å². The first-order valence-electron chi connectivity index (χ1n) is 9.50. The number of hydrogen-bond donors (Lipinski definition) is 2. The SMILES string of the molecule is CC(C)c1ccc(S(=O)(=O)N[C@@H](c2ccccc2)[C@@H](NCl)c2ccccc2)cc1. The molecular weight excluding hydrogens is 404 g/mol. The van der Waals surface area contributed by atoms with E-state index in [-0.39, 0.29) is 4.90 Å². The molecule has 0 aromatic heterocycles. The lowest BCUT2D eigenvalue weighted by atomic mass is 9.95. The Morgan fingerprint density at radius 3 is 1.62 bits per heavy atom. The predicted molar refractivity (Wildman–Crippen MR) is 118 cm³/mol. The number of benzene rings is 3. The molecule has 0 bridgehead atoms. The van der Waals surface area contributed by atoms with E-state index >= 15 is 0 Å². The van der Waals surface area contributed by atoms with E-state index in [1.807, 2.05) is 72.8 Å². The Hall–Kier alpha value is -2.18. The van der Waals surface area contributed by atoms with Crippen molar-refractivity contribution in [2.45, 2.75) is 36.7 Å². The van der Waals surface area contributed by atoms with Crippen molar-refractivity contribution in [3.63, 3.8) is 0 Å². The zero-order chi connectivity index (χ0) is 20.9. The summed E-state index contributed by atoms with van der Waals surface area (Å²) in [6.45, 7) is 4.15. The molecule has 0 fully saturated rings. The molecule has 0 aliphatic heterocycles. The van der Waals surface area contributed by atoms with Crippen molar-refractivity contribution in [2.75, 3.05) is 0 Å². The summed E-state index contributed by atoms with van der Waals surface area (Å²) in [4.78, 5) is 2.99. The van der Waals surface area contributed by atoms with Gasteiger partial charge in [-0.2, -0.15) is 0 Å². The lowest BCUT2D eigenvalue weighted by Gasteiger charge is -2.27. The van der Waals surface area contributed by atoms with Gasteiger partial charge in [-0.05, 0) is 46.5 Å². The first kappa shape index (κ1) is 21.5. The lowest BCUT2D eigenvalue weighted by Crippen LogP contribution is -2.36. The lowest BCUT2D eigenvalue weighted by molar-refractivity contribution is 0.482. The summed E-state index contributed by atoms with van der Waals surface area (Å²) in [5, 5.41) is 0. The molecule has 0 unspecified atom stereocenters. The maximum Gasteiger partial charge on any atom is 0.241 e. The second-order valence-corrected chi connectivity index (χ2v) is 9.16. The van der Waals surface area contributed by atoms with Crippen LogP contribution in [0.5, 0.6) is 0 Å². The summed E-state index contributed by atoms with van der Waals surface area (Å²) < 4.78 is 29.2. The molecular formula is C23H25ClN2O2S. The Morgan fingerprint density at radius 1 is 0.690 bits per heavy atom. The smallest absolute Gasteiger partial charge is 0.224 e. The van der Waals surface area contributed by atoms with E-state index in [0.29, 0.717) is 5.92 Å². The molecule has 3 aromatic carbocycles. The molecule has 0 aliphatic carbocycles. The molecule has 4 nitrogen and oxygen atoms in total. The van der Waals surface area contributed by atoms with E-state index in [1.54, 1.807) is 12.1 Å². The zero-order valence-electron chi connectivity index (χ0n) is 16.4. The van der Waals surface area contributed by atoms with Crippen molar-refractivity contribution in [3.05, 3.63) is 102 Å². The average molecular weight is 429 g/mol. The minimum atomic E-state index is -3.76. The van der Waals surface area contributed by atoms with Crippen LogP contribution in [0.15, 0.2) is 89.8 Å². The normalized spacial score (nSPS) is 13.9. The van der Waals surface area contributed by atoms with E-state index in [0.717, 1.165) is 16.7 Å². The molecule has 3 rings (SSSR count). The van der Waals surface area contributed by atoms with Gasteiger partial charge in [0.15, 0.2) is 0 Å². The van der Waals surface area contributed by atoms with Crippen LogP contribution in [0.4, 0.5) is 0 Å². The number of rotatable bonds is 8. The van der Waals surface area contributed by atoms with Crippen LogP contribution in [0.2, 0.25) is 0 Å². The quantitative estimate of drug-likeness (QED) is 0.478. The fraction of sp³-hybridized carbons (Fsp3) is 0.217. The van der Waals surface area contributed by atoms with Gasteiger partial charge in [-0.15, -0.1) is 0 Å². The van der Waals surface area contributed by atoms with E-state index in [2.05, 4.69) is 23.4 Å². The highest BCUT2D eigenvalue weighted by atomic mass is 35.5. The Kier molecular flexibility index (Phi) is 7.09. The summed E-state index contributed by atoms with van der Waals surface area (Å²) >= 11 is 6.09. The maximum atomic E-state index is 13.2. The number of halogens is 1. The van der Waals surface area contributed by atoms with Crippen LogP contribution >= 0.6 is 11.8 Å². The highest BCUT2D eigenvalue weighted by Crippen LogP contribution is 2.31. The van der Waals surface area contributed by atoms with Gasteiger partial charge in [0.05, 0.1) is 17.0 Å². The summed E-state index contributed by atoms with van der Waals surface area (Å²) in [6, 6.07) is 24.9. The molecule has 0 saturated heterocycles. The van der Waals surface area contributed by atoms with Crippen LogP contribution in [0.1, 0.15) is 48.5 Å². The Labute approximate surface area is 178 Å². The fourth-order valence-electron chi connectivity index (χ4n) is 3.23. The Bertz CT molecular complexity index is 1010.